The first-order valence-electron chi connectivity index (χ1n) is 10.6. The molecule has 27 heavy (non-hydrogen) atoms. The lowest BCUT2D eigenvalue weighted by atomic mass is 9.80. The van der Waals surface area contributed by atoms with E-state index in [2.05, 4.69) is 60.5 Å². The van der Waals surface area contributed by atoms with Crippen LogP contribution in [0.5, 0.6) is 0 Å². The van der Waals surface area contributed by atoms with Crippen LogP contribution in [0.4, 0.5) is 0 Å². The van der Waals surface area contributed by atoms with Gasteiger partial charge in [0.1, 0.15) is 0 Å². The van der Waals surface area contributed by atoms with Crippen LogP contribution in [-0.2, 0) is 6.42 Å². The molecule has 3 aromatic rings. The summed E-state index contributed by atoms with van der Waals surface area (Å²) in [6, 6.07) is 17.8. The Labute approximate surface area is 163 Å². The summed E-state index contributed by atoms with van der Waals surface area (Å²) in [4.78, 5) is 2.39. The average Bonchev–Trinajstić information content (AvgIpc) is 2.73. The van der Waals surface area contributed by atoms with E-state index >= 15 is 0 Å². The van der Waals surface area contributed by atoms with Crippen molar-refractivity contribution in [2.45, 2.75) is 44.4 Å². The van der Waals surface area contributed by atoms with Crippen molar-refractivity contribution in [2.24, 2.45) is 5.73 Å². The van der Waals surface area contributed by atoms with Crippen LogP contribution in [-0.4, -0.2) is 31.6 Å². The van der Waals surface area contributed by atoms with Gasteiger partial charge in [-0.2, -0.15) is 0 Å². The van der Waals surface area contributed by atoms with Crippen molar-refractivity contribution >= 4 is 21.5 Å². The number of likely N-dealkylation sites (tertiary alicyclic amines) is 1. The highest BCUT2D eigenvalue weighted by atomic mass is 15.1. The third-order valence-electron chi connectivity index (χ3n) is 6.36. The van der Waals surface area contributed by atoms with Crippen LogP contribution in [0.25, 0.3) is 21.5 Å². The monoisotopic (exact) mass is 360 g/mol. The maximum absolute atomic E-state index is 5.95. The molecule has 1 saturated heterocycles. The number of hydrogen-bond donors (Lipinski definition) is 1. The molecular formula is C25H32N2. The first kappa shape index (κ1) is 18.5. The maximum atomic E-state index is 5.95. The summed E-state index contributed by atoms with van der Waals surface area (Å²) < 4.78 is 0. The zero-order chi connectivity index (χ0) is 18.6. The lowest BCUT2D eigenvalue weighted by molar-refractivity contribution is 0.277. The third kappa shape index (κ3) is 3.88. The summed E-state index contributed by atoms with van der Waals surface area (Å²) in [5.74, 6) is 0.551. The summed E-state index contributed by atoms with van der Waals surface area (Å²) in [6.07, 6.45) is 7.97. The largest absolute Gasteiger partial charge is 0.330 e. The van der Waals surface area contributed by atoms with E-state index in [1.807, 2.05) is 0 Å². The topological polar surface area (TPSA) is 29.3 Å². The first-order valence-corrected chi connectivity index (χ1v) is 10.6. The molecule has 0 bridgehead atoms. The van der Waals surface area contributed by atoms with E-state index < -0.39 is 0 Å². The quantitative estimate of drug-likeness (QED) is 0.583. The molecule has 0 saturated carbocycles. The molecule has 142 valence electrons. The Bertz CT molecular complexity index is 909. The molecular weight excluding hydrogens is 328 g/mol. The zero-order valence-electron chi connectivity index (χ0n) is 16.6. The Hall–Kier alpha value is -1.90. The fraction of sp³-hybridized carbons (Fsp3) is 0.440. The predicted molar refractivity (Wildman–Crippen MR) is 118 cm³/mol. The minimum atomic E-state index is 0.551. The average molecular weight is 361 g/mol. The van der Waals surface area contributed by atoms with E-state index in [0.717, 1.165) is 6.54 Å². The van der Waals surface area contributed by atoms with Gasteiger partial charge in [0.25, 0.3) is 0 Å². The molecule has 0 spiro atoms. The van der Waals surface area contributed by atoms with Crippen LogP contribution >= 0.6 is 0 Å². The Balaban J connectivity index is 0.000000218. The van der Waals surface area contributed by atoms with E-state index in [4.69, 9.17) is 5.73 Å². The van der Waals surface area contributed by atoms with Crippen molar-refractivity contribution in [1.82, 2.24) is 4.90 Å². The highest BCUT2D eigenvalue weighted by Crippen LogP contribution is 2.37. The number of benzene rings is 3. The van der Waals surface area contributed by atoms with Crippen molar-refractivity contribution in [3.63, 3.8) is 0 Å². The number of nitrogens with two attached hydrogens (primary N) is 1. The molecule has 5 rings (SSSR count). The van der Waals surface area contributed by atoms with Gasteiger partial charge in [-0.05, 0) is 97.4 Å². The van der Waals surface area contributed by atoms with E-state index in [0.29, 0.717) is 5.92 Å². The van der Waals surface area contributed by atoms with Gasteiger partial charge in [0.2, 0.25) is 0 Å². The third-order valence-corrected chi connectivity index (χ3v) is 6.36. The first-order chi connectivity index (χ1) is 13.3. The number of fused-ring (bicyclic) bond motifs is 5. The second-order valence-corrected chi connectivity index (χ2v) is 8.20. The zero-order valence-corrected chi connectivity index (χ0v) is 16.6. The molecule has 0 aromatic heterocycles. The molecule has 0 amide bonds. The highest BCUT2D eigenvalue weighted by Gasteiger charge is 2.20. The van der Waals surface area contributed by atoms with Crippen molar-refractivity contribution in [3.8, 4) is 0 Å². The van der Waals surface area contributed by atoms with Crippen molar-refractivity contribution in [3.05, 3.63) is 59.7 Å². The second-order valence-electron chi connectivity index (χ2n) is 8.20. The van der Waals surface area contributed by atoms with Gasteiger partial charge in [-0.25, -0.2) is 0 Å². The number of nitrogens with zero attached hydrogens (tertiary/aromatic N) is 1. The van der Waals surface area contributed by atoms with Crippen LogP contribution in [0, 0.1) is 0 Å². The minimum Gasteiger partial charge on any atom is -0.330 e. The number of piperidine rings is 1. The van der Waals surface area contributed by atoms with Crippen LogP contribution < -0.4 is 5.73 Å². The molecule has 1 unspecified atom stereocenters. The van der Waals surface area contributed by atoms with Gasteiger partial charge in [0.15, 0.2) is 0 Å². The van der Waals surface area contributed by atoms with Crippen LogP contribution in [0.15, 0.2) is 48.5 Å². The van der Waals surface area contributed by atoms with Crippen molar-refractivity contribution in [1.29, 1.82) is 0 Å². The lowest BCUT2D eigenvalue weighted by Crippen LogP contribution is -2.24. The molecule has 3 aromatic carbocycles. The molecule has 2 heteroatoms. The molecule has 1 fully saturated rings. The fourth-order valence-electron chi connectivity index (χ4n) is 4.81. The van der Waals surface area contributed by atoms with E-state index in [1.54, 1.807) is 0 Å². The molecule has 2 N–H and O–H groups in total. The molecule has 2 nitrogen and oxygen atoms in total. The normalized spacial score (nSPS) is 20.1. The number of hydrogen-bond acceptors (Lipinski definition) is 2. The standard InChI is InChI=1S/C19H19N.C6H13N/c20-12-14-5-3-7-17-16(14)10-11-18-15-6-2-1-4-13(15)8-9-19(17)18;1-7-5-3-2-4-6-7/h1-2,4,6,8-11,14H,3,5,7,12,20H2;2-6H2,1H3. The Morgan fingerprint density at radius 2 is 1.63 bits per heavy atom. The van der Waals surface area contributed by atoms with E-state index in [1.165, 1.54) is 84.3 Å². The van der Waals surface area contributed by atoms with Crippen molar-refractivity contribution in [2.75, 3.05) is 26.7 Å². The summed E-state index contributed by atoms with van der Waals surface area (Å²) in [7, 11) is 2.19. The van der Waals surface area contributed by atoms with Gasteiger partial charge < -0.3 is 10.6 Å². The van der Waals surface area contributed by atoms with Gasteiger partial charge in [-0.1, -0.05) is 55.0 Å². The van der Waals surface area contributed by atoms with Gasteiger partial charge in [-0.15, -0.1) is 0 Å². The Kier molecular flexibility index (Phi) is 5.75. The van der Waals surface area contributed by atoms with Gasteiger partial charge in [0.05, 0.1) is 0 Å². The molecule has 1 atom stereocenters. The SMILES string of the molecule is CN1CCCCC1.NCC1CCCc2c1ccc1c2ccc2ccccc21. The van der Waals surface area contributed by atoms with E-state index in [-0.39, 0.29) is 0 Å². The number of rotatable bonds is 1. The molecule has 0 radical (unpaired) electrons. The van der Waals surface area contributed by atoms with Crippen molar-refractivity contribution < 1.29 is 0 Å². The van der Waals surface area contributed by atoms with Gasteiger partial charge in [0, 0.05) is 0 Å². The summed E-state index contributed by atoms with van der Waals surface area (Å²) in [5.41, 5.74) is 8.98. The summed E-state index contributed by atoms with van der Waals surface area (Å²) in [5, 5.41) is 5.51. The smallest absolute Gasteiger partial charge is 0.000813 e. The summed E-state index contributed by atoms with van der Waals surface area (Å²) in [6.45, 7) is 3.41. The minimum absolute atomic E-state index is 0.551. The maximum Gasteiger partial charge on any atom is -0.000813 e. The Morgan fingerprint density at radius 3 is 2.37 bits per heavy atom. The fourth-order valence-corrected chi connectivity index (χ4v) is 4.81. The number of aryl methyl sites for hydroxylation is 1. The van der Waals surface area contributed by atoms with Crippen LogP contribution in [0.1, 0.15) is 49.1 Å². The highest BCUT2D eigenvalue weighted by molar-refractivity contribution is 6.08. The van der Waals surface area contributed by atoms with E-state index in [9.17, 15) is 0 Å². The molecule has 1 aliphatic carbocycles. The lowest BCUT2D eigenvalue weighted by Gasteiger charge is -2.26. The predicted octanol–water partition coefficient (Wildman–Crippen LogP) is 5.47. The Morgan fingerprint density at radius 1 is 0.852 bits per heavy atom. The van der Waals surface area contributed by atoms with Crippen LogP contribution in [0.3, 0.4) is 0 Å². The summed E-state index contributed by atoms with van der Waals surface area (Å²) >= 11 is 0. The van der Waals surface area contributed by atoms with Gasteiger partial charge in [-0.3, -0.25) is 0 Å². The van der Waals surface area contributed by atoms with Gasteiger partial charge >= 0.3 is 0 Å². The second kappa shape index (κ2) is 8.41. The molecule has 1 aliphatic heterocycles. The molecule has 2 aliphatic rings. The molecule has 1 heterocycles. The van der Waals surface area contributed by atoms with Crippen LogP contribution in [0.2, 0.25) is 0 Å².